The summed E-state index contributed by atoms with van der Waals surface area (Å²) < 4.78 is 2.73. The first kappa shape index (κ1) is 10.9. The molecular weight excluding hydrogens is 272 g/mol. The zero-order valence-electron chi connectivity index (χ0n) is 8.48. The van der Waals surface area contributed by atoms with Crippen LogP contribution >= 0.6 is 15.9 Å². The molecule has 0 aliphatic heterocycles. The molecule has 0 aliphatic rings. The summed E-state index contributed by atoms with van der Waals surface area (Å²) in [7, 11) is 0. The summed E-state index contributed by atoms with van der Waals surface area (Å²) >= 11 is 3.36. The van der Waals surface area contributed by atoms with E-state index < -0.39 is 0 Å². The van der Waals surface area contributed by atoms with Gasteiger partial charge in [0.1, 0.15) is 0 Å². The molecule has 4 N–H and O–H groups in total. The Kier molecular flexibility index (Phi) is 2.82. The SMILES string of the molecule is NC(=O)CCn1c(N)nc2cc(Br)ccc21. The number of primary amides is 1. The molecule has 84 valence electrons. The van der Waals surface area contributed by atoms with Gasteiger partial charge in [-0.05, 0) is 18.2 Å². The van der Waals surface area contributed by atoms with Gasteiger partial charge >= 0.3 is 0 Å². The molecule has 0 spiro atoms. The Labute approximate surface area is 101 Å². The molecule has 6 heteroatoms. The molecule has 16 heavy (non-hydrogen) atoms. The van der Waals surface area contributed by atoms with Gasteiger partial charge < -0.3 is 16.0 Å². The molecule has 0 aliphatic carbocycles. The van der Waals surface area contributed by atoms with Crippen LogP contribution in [0.5, 0.6) is 0 Å². The first-order chi connectivity index (χ1) is 7.58. The maximum Gasteiger partial charge on any atom is 0.219 e. The van der Waals surface area contributed by atoms with Crippen molar-refractivity contribution in [3.8, 4) is 0 Å². The summed E-state index contributed by atoms with van der Waals surface area (Å²) in [6.07, 6.45) is 0.256. The first-order valence-corrected chi connectivity index (χ1v) is 5.57. The monoisotopic (exact) mass is 282 g/mol. The lowest BCUT2D eigenvalue weighted by Gasteiger charge is -2.04. The van der Waals surface area contributed by atoms with E-state index in [1.54, 1.807) is 4.57 Å². The summed E-state index contributed by atoms with van der Waals surface area (Å²) in [5.41, 5.74) is 12.6. The number of amides is 1. The molecule has 0 bridgehead atoms. The average molecular weight is 283 g/mol. The number of rotatable bonds is 3. The topological polar surface area (TPSA) is 86.9 Å². The van der Waals surface area contributed by atoms with Gasteiger partial charge in [0.2, 0.25) is 11.9 Å². The lowest BCUT2D eigenvalue weighted by atomic mass is 10.3. The fourth-order valence-electron chi connectivity index (χ4n) is 1.58. The fourth-order valence-corrected chi connectivity index (χ4v) is 1.93. The number of aromatic nitrogens is 2. The molecule has 5 nitrogen and oxygen atoms in total. The smallest absolute Gasteiger partial charge is 0.219 e. The average Bonchev–Trinajstić information content (AvgIpc) is 2.50. The Morgan fingerprint density at radius 3 is 2.94 bits per heavy atom. The summed E-state index contributed by atoms with van der Waals surface area (Å²) in [4.78, 5) is 14.9. The predicted octanol–water partition coefficient (Wildman–Crippen LogP) is 1.26. The Hall–Kier alpha value is -1.56. The molecular formula is C10H11BrN4O. The predicted molar refractivity (Wildman–Crippen MR) is 65.7 cm³/mol. The maximum atomic E-state index is 10.7. The molecule has 1 aromatic heterocycles. The Morgan fingerprint density at radius 2 is 2.25 bits per heavy atom. The number of nitrogens with zero attached hydrogens (tertiary/aromatic N) is 2. The van der Waals surface area contributed by atoms with Crippen LogP contribution in [0.1, 0.15) is 6.42 Å². The van der Waals surface area contributed by atoms with Gasteiger partial charge in [0.25, 0.3) is 0 Å². The van der Waals surface area contributed by atoms with E-state index in [9.17, 15) is 4.79 Å². The van der Waals surface area contributed by atoms with Crippen molar-refractivity contribution in [2.75, 3.05) is 5.73 Å². The zero-order valence-corrected chi connectivity index (χ0v) is 10.1. The van der Waals surface area contributed by atoms with Crippen molar-refractivity contribution in [2.24, 2.45) is 5.73 Å². The van der Waals surface area contributed by atoms with E-state index in [1.165, 1.54) is 0 Å². The molecule has 0 atom stereocenters. The second-order valence-electron chi connectivity index (χ2n) is 3.47. The molecule has 0 saturated heterocycles. The van der Waals surface area contributed by atoms with E-state index in [0.717, 1.165) is 15.5 Å². The minimum Gasteiger partial charge on any atom is -0.370 e. The molecule has 1 amide bonds. The Morgan fingerprint density at radius 1 is 1.50 bits per heavy atom. The van der Waals surface area contributed by atoms with Crippen molar-refractivity contribution in [1.29, 1.82) is 0 Å². The highest BCUT2D eigenvalue weighted by atomic mass is 79.9. The van der Waals surface area contributed by atoms with Crippen LogP contribution in [0.4, 0.5) is 5.95 Å². The summed E-state index contributed by atoms with van der Waals surface area (Å²) in [5, 5.41) is 0. The largest absolute Gasteiger partial charge is 0.370 e. The number of hydrogen-bond donors (Lipinski definition) is 2. The molecule has 0 saturated carbocycles. The lowest BCUT2D eigenvalue weighted by Crippen LogP contribution is -2.14. The van der Waals surface area contributed by atoms with E-state index in [2.05, 4.69) is 20.9 Å². The van der Waals surface area contributed by atoms with E-state index in [-0.39, 0.29) is 12.3 Å². The van der Waals surface area contributed by atoms with Crippen LogP contribution in [-0.4, -0.2) is 15.5 Å². The van der Waals surface area contributed by atoms with Crippen LogP contribution in [0.15, 0.2) is 22.7 Å². The molecule has 0 unspecified atom stereocenters. The second-order valence-corrected chi connectivity index (χ2v) is 4.39. The van der Waals surface area contributed by atoms with Crippen molar-refractivity contribution >= 4 is 38.8 Å². The van der Waals surface area contributed by atoms with Gasteiger partial charge in [-0.1, -0.05) is 15.9 Å². The number of hydrogen-bond acceptors (Lipinski definition) is 3. The number of carbonyl (C=O) groups is 1. The number of imidazole rings is 1. The third-order valence-corrected chi connectivity index (χ3v) is 2.81. The summed E-state index contributed by atoms with van der Waals surface area (Å²) in [6.45, 7) is 0.458. The molecule has 0 radical (unpaired) electrons. The molecule has 1 heterocycles. The number of carbonyl (C=O) groups excluding carboxylic acids is 1. The van der Waals surface area contributed by atoms with Gasteiger partial charge in [0.05, 0.1) is 11.0 Å². The number of aryl methyl sites for hydroxylation is 1. The van der Waals surface area contributed by atoms with E-state index in [0.29, 0.717) is 12.5 Å². The third-order valence-electron chi connectivity index (χ3n) is 2.32. The van der Waals surface area contributed by atoms with Gasteiger partial charge in [-0.25, -0.2) is 4.98 Å². The molecule has 2 rings (SSSR count). The van der Waals surface area contributed by atoms with Gasteiger partial charge in [-0.2, -0.15) is 0 Å². The standard InChI is InChI=1S/C10H11BrN4O/c11-6-1-2-8-7(5-6)14-10(13)15(8)4-3-9(12)16/h1-2,5H,3-4H2,(H2,12,16)(H2,13,14). The van der Waals surface area contributed by atoms with Crippen molar-refractivity contribution in [2.45, 2.75) is 13.0 Å². The second kappa shape index (κ2) is 4.13. The normalized spacial score (nSPS) is 10.8. The Balaban J connectivity index is 2.43. The van der Waals surface area contributed by atoms with Crippen molar-refractivity contribution in [1.82, 2.24) is 9.55 Å². The zero-order chi connectivity index (χ0) is 11.7. The highest BCUT2D eigenvalue weighted by molar-refractivity contribution is 9.10. The van der Waals surface area contributed by atoms with Crippen LogP contribution < -0.4 is 11.5 Å². The number of anilines is 1. The van der Waals surface area contributed by atoms with E-state index in [1.807, 2.05) is 18.2 Å². The van der Waals surface area contributed by atoms with Gasteiger partial charge in [0.15, 0.2) is 0 Å². The first-order valence-electron chi connectivity index (χ1n) is 4.77. The fraction of sp³-hybridized carbons (Fsp3) is 0.200. The third kappa shape index (κ3) is 2.01. The number of nitrogen functional groups attached to an aromatic ring is 1. The number of halogens is 1. The van der Waals surface area contributed by atoms with Crippen LogP contribution in [-0.2, 0) is 11.3 Å². The molecule has 0 fully saturated rings. The van der Waals surface area contributed by atoms with Gasteiger partial charge in [-0.3, -0.25) is 4.79 Å². The van der Waals surface area contributed by atoms with Crippen LogP contribution in [0, 0.1) is 0 Å². The van der Waals surface area contributed by atoms with Crippen LogP contribution in [0.2, 0.25) is 0 Å². The minimum atomic E-state index is -0.349. The Bertz CT molecular complexity index is 549. The van der Waals surface area contributed by atoms with Crippen molar-refractivity contribution in [3.05, 3.63) is 22.7 Å². The van der Waals surface area contributed by atoms with E-state index >= 15 is 0 Å². The highest BCUT2D eigenvalue weighted by Crippen LogP contribution is 2.22. The van der Waals surface area contributed by atoms with Gasteiger partial charge in [-0.15, -0.1) is 0 Å². The van der Waals surface area contributed by atoms with Crippen molar-refractivity contribution < 1.29 is 4.79 Å². The number of nitrogens with two attached hydrogens (primary N) is 2. The molecule has 2 aromatic rings. The highest BCUT2D eigenvalue weighted by Gasteiger charge is 2.08. The van der Waals surface area contributed by atoms with Gasteiger partial charge in [0, 0.05) is 17.4 Å². The maximum absolute atomic E-state index is 10.7. The quantitative estimate of drug-likeness (QED) is 0.888. The summed E-state index contributed by atoms with van der Waals surface area (Å²) in [6, 6.07) is 5.69. The lowest BCUT2D eigenvalue weighted by molar-refractivity contribution is -0.118. The number of fused-ring (bicyclic) bond motifs is 1. The van der Waals surface area contributed by atoms with Crippen LogP contribution in [0.25, 0.3) is 11.0 Å². The minimum absolute atomic E-state index is 0.256. The van der Waals surface area contributed by atoms with Crippen molar-refractivity contribution in [3.63, 3.8) is 0 Å². The molecule has 1 aromatic carbocycles. The number of benzene rings is 1. The summed E-state index contributed by atoms with van der Waals surface area (Å²) in [5.74, 6) is 0.0488. The van der Waals surface area contributed by atoms with E-state index in [4.69, 9.17) is 11.5 Å². The van der Waals surface area contributed by atoms with Crippen LogP contribution in [0.3, 0.4) is 0 Å².